The lowest BCUT2D eigenvalue weighted by molar-refractivity contribution is 0.661. The van der Waals surface area contributed by atoms with Crippen LogP contribution in [0.1, 0.15) is 25.0 Å². The van der Waals surface area contributed by atoms with Crippen molar-refractivity contribution >= 4 is 21.5 Å². The smallest absolute Gasteiger partial charge is 0.160 e. The molecule has 222 valence electrons. The van der Waals surface area contributed by atoms with Crippen molar-refractivity contribution in [2.45, 2.75) is 19.3 Å². The van der Waals surface area contributed by atoms with Crippen molar-refractivity contribution in [3.8, 4) is 56.2 Å². The van der Waals surface area contributed by atoms with Crippen LogP contribution < -0.4 is 0 Å². The first kappa shape index (κ1) is 27.5. The van der Waals surface area contributed by atoms with E-state index in [-0.39, 0.29) is 5.41 Å². The molecule has 8 aromatic rings. The second-order valence-electron chi connectivity index (χ2n) is 13.1. The maximum atomic E-state index is 5.16. The van der Waals surface area contributed by atoms with E-state index < -0.39 is 0 Å². The molecular formula is C45H32N2. The maximum absolute atomic E-state index is 5.16. The molecule has 7 aromatic carbocycles. The lowest BCUT2D eigenvalue weighted by Gasteiger charge is -2.22. The van der Waals surface area contributed by atoms with E-state index in [1.165, 1.54) is 54.9 Å². The third-order valence-corrected chi connectivity index (χ3v) is 9.86. The quantitative estimate of drug-likeness (QED) is 0.188. The summed E-state index contributed by atoms with van der Waals surface area (Å²) < 4.78 is 0. The molecule has 2 heteroatoms. The molecule has 0 amide bonds. The van der Waals surface area contributed by atoms with Gasteiger partial charge in [0.1, 0.15) is 0 Å². The summed E-state index contributed by atoms with van der Waals surface area (Å²) in [6.45, 7) is 4.70. The Morgan fingerprint density at radius 3 is 1.77 bits per heavy atom. The zero-order chi connectivity index (χ0) is 31.5. The van der Waals surface area contributed by atoms with Crippen LogP contribution in [0, 0.1) is 0 Å². The van der Waals surface area contributed by atoms with E-state index in [0.717, 1.165) is 33.9 Å². The third kappa shape index (κ3) is 4.56. The van der Waals surface area contributed by atoms with E-state index in [2.05, 4.69) is 153 Å². The van der Waals surface area contributed by atoms with Gasteiger partial charge in [0, 0.05) is 22.1 Å². The Balaban J connectivity index is 1.23. The summed E-state index contributed by atoms with van der Waals surface area (Å²) in [4.78, 5) is 10.3. The number of hydrogen-bond donors (Lipinski definition) is 0. The van der Waals surface area contributed by atoms with Crippen LogP contribution in [0.5, 0.6) is 0 Å². The Hall–Kier alpha value is -5.86. The largest absolute Gasteiger partial charge is 0.228 e. The highest BCUT2D eigenvalue weighted by Crippen LogP contribution is 2.50. The second kappa shape index (κ2) is 10.6. The van der Waals surface area contributed by atoms with Gasteiger partial charge in [-0.3, -0.25) is 0 Å². The summed E-state index contributed by atoms with van der Waals surface area (Å²) in [6, 6.07) is 56.5. The molecule has 0 N–H and O–H groups in total. The Morgan fingerprint density at radius 2 is 0.979 bits per heavy atom. The molecule has 2 nitrogen and oxygen atoms in total. The number of nitrogens with zero attached hydrogens (tertiary/aromatic N) is 2. The minimum Gasteiger partial charge on any atom is -0.228 e. The molecule has 1 heterocycles. The summed E-state index contributed by atoms with van der Waals surface area (Å²) in [5.41, 5.74) is 12.7. The van der Waals surface area contributed by atoms with E-state index in [1.807, 2.05) is 18.2 Å². The highest BCUT2D eigenvalue weighted by atomic mass is 14.9. The number of benzene rings is 7. The molecule has 0 bridgehead atoms. The molecule has 0 radical (unpaired) electrons. The average molecular weight is 601 g/mol. The van der Waals surface area contributed by atoms with Gasteiger partial charge in [-0.15, -0.1) is 0 Å². The summed E-state index contributed by atoms with van der Waals surface area (Å²) >= 11 is 0. The van der Waals surface area contributed by atoms with Gasteiger partial charge in [0.2, 0.25) is 0 Å². The Bertz CT molecular complexity index is 2480. The molecular weight excluding hydrogens is 569 g/mol. The number of rotatable bonds is 4. The van der Waals surface area contributed by atoms with Gasteiger partial charge in [-0.25, -0.2) is 9.97 Å². The van der Waals surface area contributed by atoms with Crippen LogP contribution in [-0.2, 0) is 5.41 Å². The summed E-state index contributed by atoms with van der Waals surface area (Å²) in [5, 5.41) is 4.99. The van der Waals surface area contributed by atoms with E-state index in [9.17, 15) is 0 Å². The van der Waals surface area contributed by atoms with Crippen LogP contribution in [-0.4, -0.2) is 9.97 Å². The zero-order valence-corrected chi connectivity index (χ0v) is 26.4. The first-order valence-electron chi connectivity index (χ1n) is 16.2. The molecule has 0 unspecified atom stereocenters. The molecule has 9 rings (SSSR count). The molecule has 0 spiro atoms. The average Bonchev–Trinajstić information content (AvgIpc) is 3.36. The lowest BCUT2D eigenvalue weighted by Crippen LogP contribution is -2.14. The third-order valence-electron chi connectivity index (χ3n) is 9.86. The van der Waals surface area contributed by atoms with Crippen LogP contribution in [0.3, 0.4) is 0 Å². The fourth-order valence-corrected chi connectivity index (χ4v) is 7.36. The van der Waals surface area contributed by atoms with Crippen molar-refractivity contribution < 1.29 is 0 Å². The summed E-state index contributed by atoms with van der Waals surface area (Å²) in [5.74, 6) is 0.721. The monoisotopic (exact) mass is 600 g/mol. The van der Waals surface area contributed by atoms with E-state index in [4.69, 9.17) is 9.97 Å². The summed E-state index contributed by atoms with van der Waals surface area (Å²) in [6.07, 6.45) is 0. The zero-order valence-electron chi connectivity index (χ0n) is 26.4. The van der Waals surface area contributed by atoms with Gasteiger partial charge in [0.05, 0.1) is 11.4 Å². The van der Waals surface area contributed by atoms with Crippen LogP contribution in [0.25, 0.3) is 77.7 Å². The Morgan fingerprint density at radius 1 is 0.383 bits per heavy atom. The summed E-state index contributed by atoms with van der Waals surface area (Å²) in [7, 11) is 0. The van der Waals surface area contributed by atoms with Crippen LogP contribution in [0.2, 0.25) is 0 Å². The van der Waals surface area contributed by atoms with E-state index in [1.54, 1.807) is 0 Å². The van der Waals surface area contributed by atoms with Crippen molar-refractivity contribution in [2.24, 2.45) is 0 Å². The molecule has 0 aliphatic heterocycles. The van der Waals surface area contributed by atoms with Crippen LogP contribution >= 0.6 is 0 Å². The Labute approximate surface area is 275 Å². The molecule has 1 aliphatic rings. The minimum atomic E-state index is -0.0552. The van der Waals surface area contributed by atoms with Gasteiger partial charge < -0.3 is 0 Å². The molecule has 0 fully saturated rings. The molecule has 0 saturated carbocycles. The number of aromatic nitrogens is 2. The van der Waals surface area contributed by atoms with E-state index in [0.29, 0.717) is 0 Å². The number of fused-ring (bicyclic) bond motifs is 6. The van der Waals surface area contributed by atoms with Crippen molar-refractivity contribution in [1.82, 2.24) is 9.97 Å². The molecule has 0 saturated heterocycles. The van der Waals surface area contributed by atoms with Gasteiger partial charge in [-0.2, -0.15) is 0 Å². The number of hydrogen-bond acceptors (Lipinski definition) is 2. The fraction of sp³-hybridized carbons (Fsp3) is 0.0667. The van der Waals surface area contributed by atoms with Crippen LogP contribution in [0.15, 0.2) is 158 Å². The van der Waals surface area contributed by atoms with Gasteiger partial charge >= 0.3 is 0 Å². The molecule has 0 atom stereocenters. The lowest BCUT2D eigenvalue weighted by atomic mass is 9.81. The van der Waals surface area contributed by atoms with Crippen molar-refractivity contribution in [1.29, 1.82) is 0 Å². The van der Waals surface area contributed by atoms with Gasteiger partial charge in [-0.05, 0) is 85.3 Å². The normalized spacial score (nSPS) is 13.1. The van der Waals surface area contributed by atoms with E-state index >= 15 is 0 Å². The Kier molecular flexibility index (Phi) is 6.20. The van der Waals surface area contributed by atoms with Crippen molar-refractivity contribution in [3.63, 3.8) is 0 Å². The first-order chi connectivity index (χ1) is 23.0. The topological polar surface area (TPSA) is 25.8 Å². The second-order valence-corrected chi connectivity index (χ2v) is 13.1. The van der Waals surface area contributed by atoms with Crippen molar-refractivity contribution in [2.75, 3.05) is 0 Å². The van der Waals surface area contributed by atoms with Crippen molar-refractivity contribution in [3.05, 3.63) is 169 Å². The predicted molar refractivity (Wildman–Crippen MR) is 196 cm³/mol. The maximum Gasteiger partial charge on any atom is 0.160 e. The first-order valence-corrected chi connectivity index (χ1v) is 16.2. The van der Waals surface area contributed by atoms with Gasteiger partial charge in [0.15, 0.2) is 5.82 Å². The van der Waals surface area contributed by atoms with Gasteiger partial charge in [0.25, 0.3) is 0 Å². The highest BCUT2D eigenvalue weighted by molar-refractivity contribution is 6.10. The van der Waals surface area contributed by atoms with Gasteiger partial charge in [-0.1, -0.05) is 141 Å². The minimum absolute atomic E-state index is 0.0552. The molecule has 1 aliphatic carbocycles. The standard InChI is InChI=1S/C45H32N2/c1-45(2)40-19-10-9-18-36(40)39-25-33-22-20-30-21-23-35(26-37(30)38(33)27-41(39)45)43-28-42(46-44(47-43)31-14-7-4-8-15-31)34-17-11-16-32(24-34)29-12-5-3-6-13-29/h3-28H,1-2H3. The molecule has 47 heavy (non-hydrogen) atoms. The fourth-order valence-electron chi connectivity index (χ4n) is 7.36. The highest BCUT2D eigenvalue weighted by Gasteiger charge is 2.35. The molecule has 1 aromatic heterocycles. The predicted octanol–water partition coefficient (Wildman–Crippen LogP) is 11.8. The SMILES string of the molecule is CC1(C)c2ccccc2-c2cc3ccc4ccc(-c5cc(-c6cccc(-c7ccccc7)c6)nc(-c6ccccc6)n5)cc4c3cc21. The van der Waals surface area contributed by atoms with Crippen LogP contribution in [0.4, 0.5) is 0 Å².